The van der Waals surface area contributed by atoms with Crippen molar-refractivity contribution in [2.24, 2.45) is 5.92 Å². The van der Waals surface area contributed by atoms with Crippen molar-refractivity contribution in [3.05, 3.63) is 60.2 Å². The van der Waals surface area contributed by atoms with Gasteiger partial charge in [0.25, 0.3) is 0 Å². The molecule has 1 aromatic carbocycles. The summed E-state index contributed by atoms with van der Waals surface area (Å²) in [6, 6.07) is 9.91. The molecule has 0 aromatic heterocycles. The van der Waals surface area contributed by atoms with Crippen LogP contribution in [-0.2, 0) is 9.53 Å². The van der Waals surface area contributed by atoms with Crippen molar-refractivity contribution >= 4 is 5.97 Å². The van der Waals surface area contributed by atoms with Crippen LogP contribution in [0.2, 0.25) is 0 Å². The summed E-state index contributed by atoms with van der Waals surface area (Å²) in [5, 5.41) is 0. The second-order valence-electron chi connectivity index (χ2n) is 4.79. The van der Waals surface area contributed by atoms with Crippen LogP contribution in [0.25, 0.3) is 0 Å². The van der Waals surface area contributed by atoms with Crippen molar-refractivity contribution in [3.63, 3.8) is 0 Å². The van der Waals surface area contributed by atoms with Gasteiger partial charge in [-0.05, 0) is 30.7 Å². The maximum Gasteiger partial charge on any atom is 0.313 e. The van der Waals surface area contributed by atoms with Crippen LogP contribution in [0, 0.1) is 5.92 Å². The number of hydrogen-bond donors (Lipinski definition) is 0. The predicted octanol–water partition coefficient (Wildman–Crippen LogP) is 3.86. The molecule has 0 spiro atoms. The highest BCUT2D eigenvalue weighted by atomic mass is 16.5. The molecule has 0 fully saturated rings. The van der Waals surface area contributed by atoms with Gasteiger partial charge in [0.15, 0.2) is 0 Å². The van der Waals surface area contributed by atoms with Gasteiger partial charge in [0.05, 0.1) is 13.0 Å². The summed E-state index contributed by atoms with van der Waals surface area (Å²) in [5.74, 6) is -0.140. The molecule has 0 amide bonds. The molecule has 0 radical (unpaired) electrons. The molecular formula is C17H20O2. The van der Waals surface area contributed by atoms with Crippen LogP contribution in [0.15, 0.2) is 54.6 Å². The van der Waals surface area contributed by atoms with Crippen molar-refractivity contribution in [1.82, 2.24) is 0 Å². The third-order valence-electron chi connectivity index (χ3n) is 3.53. The van der Waals surface area contributed by atoms with Crippen molar-refractivity contribution in [3.8, 4) is 0 Å². The van der Waals surface area contributed by atoms with Gasteiger partial charge >= 0.3 is 5.97 Å². The van der Waals surface area contributed by atoms with Gasteiger partial charge in [0, 0.05) is 0 Å². The number of allylic oxidation sites excluding steroid dienone is 4. The Labute approximate surface area is 114 Å². The molecular weight excluding hydrogens is 236 g/mol. The first-order chi connectivity index (χ1) is 9.33. The van der Waals surface area contributed by atoms with Crippen LogP contribution in [0.3, 0.4) is 0 Å². The lowest BCUT2D eigenvalue weighted by Crippen LogP contribution is -2.22. The number of carbonyl (C=O) groups is 1. The molecule has 19 heavy (non-hydrogen) atoms. The van der Waals surface area contributed by atoms with Crippen LogP contribution >= 0.6 is 0 Å². The van der Waals surface area contributed by atoms with Crippen LogP contribution in [0.1, 0.15) is 30.7 Å². The third-order valence-corrected chi connectivity index (χ3v) is 3.53. The molecule has 2 nitrogen and oxygen atoms in total. The van der Waals surface area contributed by atoms with Crippen LogP contribution in [0.5, 0.6) is 0 Å². The first kappa shape index (κ1) is 13.6. The normalized spacial score (nSPS) is 23.7. The van der Waals surface area contributed by atoms with E-state index in [9.17, 15) is 4.79 Å². The minimum atomic E-state index is -0.200. The van der Waals surface area contributed by atoms with Gasteiger partial charge in [0.1, 0.15) is 0 Å². The Morgan fingerprint density at radius 1 is 1.21 bits per heavy atom. The van der Waals surface area contributed by atoms with Gasteiger partial charge in [-0.25, -0.2) is 0 Å². The van der Waals surface area contributed by atoms with Crippen molar-refractivity contribution in [2.75, 3.05) is 7.11 Å². The number of esters is 1. The number of methoxy groups -OCH3 is 1. The summed E-state index contributed by atoms with van der Waals surface area (Å²) in [6.45, 7) is 0. The number of ether oxygens (including phenoxy) is 1. The topological polar surface area (TPSA) is 26.3 Å². The monoisotopic (exact) mass is 256 g/mol. The van der Waals surface area contributed by atoms with E-state index in [0.717, 1.165) is 24.8 Å². The molecule has 0 heterocycles. The van der Waals surface area contributed by atoms with Crippen LogP contribution in [-0.4, -0.2) is 13.1 Å². The Morgan fingerprint density at radius 2 is 2.00 bits per heavy atom. The van der Waals surface area contributed by atoms with E-state index in [1.807, 2.05) is 30.3 Å². The maximum atomic E-state index is 12.1. The van der Waals surface area contributed by atoms with Crippen molar-refractivity contribution in [1.29, 1.82) is 0 Å². The lowest BCUT2D eigenvalue weighted by Gasteiger charge is -2.23. The average molecular weight is 256 g/mol. The Bertz CT molecular complexity index is 459. The fourth-order valence-corrected chi connectivity index (χ4v) is 2.55. The zero-order chi connectivity index (χ0) is 13.5. The fraction of sp³-hybridized carbons (Fsp3) is 0.353. The second-order valence-corrected chi connectivity index (χ2v) is 4.79. The molecule has 2 heteroatoms. The van der Waals surface area contributed by atoms with Gasteiger partial charge in [-0.2, -0.15) is 0 Å². The van der Waals surface area contributed by atoms with Gasteiger partial charge in [-0.15, -0.1) is 0 Å². The Kier molecular flexibility index (Phi) is 4.96. The summed E-state index contributed by atoms with van der Waals surface area (Å²) in [4.78, 5) is 12.1. The lowest BCUT2D eigenvalue weighted by atomic mass is 9.82. The van der Waals surface area contributed by atoms with E-state index in [4.69, 9.17) is 4.74 Å². The first-order valence-electron chi connectivity index (χ1n) is 6.77. The van der Waals surface area contributed by atoms with Crippen molar-refractivity contribution < 1.29 is 9.53 Å². The van der Waals surface area contributed by atoms with Gasteiger partial charge in [0.2, 0.25) is 0 Å². The minimum absolute atomic E-state index is 0.148. The summed E-state index contributed by atoms with van der Waals surface area (Å²) in [6.07, 6.45) is 11.6. The van der Waals surface area contributed by atoms with Crippen LogP contribution in [0.4, 0.5) is 0 Å². The number of carbonyl (C=O) groups excluding carboxylic acids is 1. The summed E-state index contributed by atoms with van der Waals surface area (Å²) in [7, 11) is 1.46. The van der Waals surface area contributed by atoms with E-state index in [1.165, 1.54) is 7.11 Å². The SMILES string of the molecule is COC(=O)C(c1ccccc1)C1/C=C\C/C=C\CC1. The third kappa shape index (κ3) is 3.57. The molecule has 1 aromatic rings. The molecule has 2 rings (SSSR count). The largest absolute Gasteiger partial charge is 0.469 e. The zero-order valence-electron chi connectivity index (χ0n) is 11.3. The predicted molar refractivity (Wildman–Crippen MR) is 76.8 cm³/mol. The minimum Gasteiger partial charge on any atom is -0.469 e. The molecule has 1 aliphatic rings. The van der Waals surface area contributed by atoms with Gasteiger partial charge < -0.3 is 4.74 Å². The average Bonchev–Trinajstić information content (AvgIpc) is 2.42. The molecule has 0 N–H and O–H groups in total. The summed E-state index contributed by atoms with van der Waals surface area (Å²) in [5.41, 5.74) is 1.04. The highest BCUT2D eigenvalue weighted by Gasteiger charge is 2.28. The van der Waals surface area contributed by atoms with Crippen LogP contribution < -0.4 is 0 Å². The maximum absolute atomic E-state index is 12.1. The van der Waals surface area contributed by atoms with E-state index < -0.39 is 0 Å². The standard InChI is InChI=1S/C17H20O2/c1-19-17(18)16(15-12-8-5-9-13-15)14-10-6-3-2-4-7-11-14/h2-3,5,7-9,11-14,16H,4,6,10H2,1H3/b3-2-,11-7-. The van der Waals surface area contributed by atoms with E-state index in [-0.39, 0.29) is 17.8 Å². The highest BCUT2D eigenvalue weighted by Crippen LogP contribution is 2.31. The summed E-state index contributed by atoms with van der Waals surface area (Å²) >= 11 is 0. The molecule has 2 unspecified atom stereocenters. The number of benzene rings is 1. The molecule has 0 saturated carbocycles. The first-order valence-corrected chi connectivity index (χ1v) is 6.77. The Morgan fingerprint density at radius 3 is 2.74 bits per heavy atom. The van der Waals surface area contributed by atoms with Crippen molar-refractivity contribution in [2.45, 2.75) is 25.2 Å². The zero-order valence-corrected chi connectivity index (χ0v) is 11.3. The van der Waals surface area contributed by atoms with E-state index in [2.05, 4.69) is 24.3 Å². The smallest absolute Gasteiger partial charge is 0.313 e. The van der Waals surface area contributed by atoms with E-state index in [1.54, 1.807) is 0 Å². The quantitative estimate of drug-likeness (QED) is 0.606. The van der Waals surface area contributed by atoms with E-state index in [0.29, 0.717) is 0 Å². The highest BCUT2D eigenvalue weighted by molar-refractivity contribution is 5.78. The molecule has 100 valence electrons. The summed E-state index contributed by atoms with van der Waals surface area (Å²) < 4.78 is 5.00. The Hall–Kier alpha value is -1.83. The van der Waals surface area contributed by atoms with Gasteiger partial charge in [-0.3, -0.25) is 4.79 Å². The molecule has 0 aliphatic heterocycles. The van der Waals surface area contributed by atoms with E-state index >= 15 is 0 Å². The van der Waals surface area contributed by atoms with Gasteiger partial charge in [-0.1, -0.05) is 54.6 Å². The lowest BCUT2D eigenvalue weighted by molar-refractivity contribution is -0.143. The molecule has 1 aliphatic carbocycles. The molecule has 0 saturated heterocycles. The Balaban J connectivity index is 2.27. The fourth-order valence-electron chi connectivity index (χ4n) is 2.55. The number of rotatable bonds is 3. The second kappa shape index (κ2) is 6.93. The molecule has 2 atom stereocenters. The molecule has 0 bridgehead atoms. The number of hydrogen-bond acceptors (Lipinski definition) is 2.